The molecule has 0 radical (unpaired) electrons. The minimum atomic E-state index is -0.461. The second-order valence-corrected chi connectivity index (χ2v) is 7.36. The summed E-state index contributed by atoms with van der Waals surface area (Å²) >= 11 is 0. The van der Waals surface area contributed by atoms with Crippen molar-refractivity contribution in [3.63, 3.8) is 0 Å². The van der Waals surface area contributed by atoms with E-state index >= 15 is 0 Å². The Kier molecular flexibility index (Phi) is 4.33. The Morgan fingerprint density at radius 2 is 1.17 bits per heavy atom. The Morgan fingerprint density at radius 1 is 0.667 bits per heavy atom. The fourth-order valence-corrected chi connectivity index (χ4v) is 4.64. The van der Waals surface area contributed by atoms with E-state index in [1.807, 2.05) is 18.2 Å². The molecule has 0 saturated heterocycles. The standard InChI is InChI=1S/C28H20O2/c1-2-27(29)30-22-18-16-21(17-19-22)28(20-10-4-3-5-11-20)25-14-8-6-12-23(25)24-13-7-9-15-26(24)28/h2-19H,1H2. The molecule has 0 aromatic heterocycles. The lowest BCUT2D eigenvalue weighted by Gasteiger charge is -2.33. The Morgan fingerprint density at radius 3 is 1.73 bits per heavy atom. The van der Waals surface area contributed by atoms with Gasteiger partial charge in [-0.3, -0.25) is 0 Å². The van der Waals surface area contributed by atoms with E-state index in [0.29, 0.717) is 5.75 Å². The minimum Gasteiger partial charge on any atom is -0.423 e. The second-order valence-electron chi connectivity index (χ2n) is 7.36. The molecule has 0 fully saturated rings. The van der Waals surface area contributed by atoms with Gasteiger partial charge in [0.05, 0.1) is 5.41 Å². The first kappa shape index (κ1) is 18.1. The van der Waals surface area contributed by atoms with E-state index < -0.39 is 11.4 Å². The van der Waals surface area contributed by atoms with Gasteiger partial charge in [0.15, 0.2) is 0 Å². The minimum absolute atomic E-state index is 0.435. The maximum absolute atomic E-state index is 11.6. The Balaban J connectivity index is 1.79. The van der Waals surface area contributed by atoms with Gasteiger partial charge in [0, 0.05) is 6.08 Å². The number of carbonyl (C=O) groups is 1. The first-order valence-corrected chi connectivity index (χ1v) is 9.95. The van der Waals surface area contributed by atoms with Gasteiger partial charge in [0.25, 0.3) is 0 Å². The number of benzene rings is 4. The summed E-state index contributed by atoms with van der Waals surface area (Å²) in [5.74, 6) is 0.0449. The summed E-state index contributed by atoms with van der Waals surface area (Å²) in [6.07, 6.45) is 1.17. The van der Waals surface area contributed by atoms with Gasteiger partial charge in [0.1, 0.15) is 5.75 Å². The van der Waals surface area contributed by atoms with Gasteiger partial charge < -0.3 is 4.74 Å². The maximum atomic E-state index is 11.6. The van der Waals surface area contributed by atoms with Crippen molar-refractivity contribution in [1.82, 2.24) is 0 Å². The third-order valence-electron chi connectivity index (χ3n) is 5.83. The number of hydrogen-bond donors (Lipinski definition) is 0. The zero-order valence-electron chi connectivity index (χ0n) is 16.4. The van der Waals surface area contributed by atoms with Crippen molar-refractivity contribution in [1.29, 1.82) is 0 Å². The average Bonchev–Trinajstić information content (AvgIpc) is 3.11. The molecule has 0 spiro atoms. The van der Waals surface area contributed by atoms with Gasteiger partial charge in [-0.05, 0) is 45.5 Å². The predicted octanol–water partition coefficient (Wildman–Crippen LogP) is 6.14. The van der Waals surface area contributed by atoms with Crippen LogP contribution in [0.5, 0.6) is 5.75 Å². The van der Waals surface area contributed by atoms with Gasteiger partial charge in [-0.15, -0.1) is 0 Å². The molecular weight excluding hydrogens is 368 g/mol. The van der Waals surface area contributed by atoms with E-state index in [9.17, 15) is 4.79 Å². The molecule has 30 heavy (non-hydrogen) atoms. The van der Waals surface area contributed by atoms with Gasteiger partial charge >= 0.3 is 5.97 Å². The third-order valence-corrected chi connectivity index (χ3v) is 5.83. The van der Waals surface area contributed by atoms with Crippen LogP contribution < -0.4 is 4.74 Å². The summed E-state index contributed by atoms with van der Waals surface area (Å²) in [5, 5.41) is 0. The molecular formula is C28H20O2. The van der Waals surface area contributed by atoms with E-state index in [-0.39, 0.29) is 0 Å². The lowest BCUT2D eigenvalue weighted by Crippen LogP contribution is -2.28. The highest BCUT2D eigenvalue weighted by molar-refractivity contribution is 5.86. The van der Waals surface area contributed by atoms with Crippen molar-refractivity contribution < 1.29 is 9.53 Å². The van der Waals surface area contributed by atoms with Crippen LogP contribution in [0.1, 0.15) is 22.3 Å². The van der Waals surface area contributed by atoms with Crippen LogP contribution in [-0.2, 0) is 10.2 Å². The number of carbonyl (C=O) groups excluding carboxylic acids is 1. The molecule has 2 nitrogen and oxygen atoms in total. The highest BCUT2D eigenvalue weighted by Crippen LogP contribution is 2.55. The smallest absolute Gasteiger partial charge is 0.335 e. The van der Waals surface area contributed by atoms with Crippen LogP contribution in [0.25, 0.3) is 11.1 Å². The molecule has 2 heteroatoms. The molecule has 4 aromatic carbocycles. The fourth-order valence-electron chi connectivity index (χ4n) is 4.64. The van der Waals surface area contributed by atoms with Crippen molar-refractivity contribution in [3.8, 4) is 16.9 Å². The molecule has 1 aliphatic carbocycles. The quantitative estimate of drug-likeness (QED) is 0.210. The maximum Gasteiger partial charge on any atom is 0.335 e. The summed E-state index contributed by atoms with van der Waals surface area (Å²) in [6, 6.07) is 35.6. The van der Waals surface area contributed by atoms with Crippen molar-refractivity contribution in [2.45, 2.75) is 5.41 Å². The van der Waals surface area contributed by atoms with Gasteiger partial charge in [-0.25, -0.2) is 4.79 Å². The zero-order valence-corrected chi connectivity index (χ0v) is 16.4. The molecule has 0 bridgehead atoms. The molecule has 0 unspecified atom stereocenters. The van der Waals surface area contributed by atoms with E-state index in [4.69, 9.17) is 4.74 Å². The number of rotatable bonds is 4. The van der Waals surface area contributed by atoms with Crippen LogP contribution >= 0.6 is 0 Å². The molecule has 1 aliphatic rings. The van der Waals surface area contributed by atoms with E-state index in [1.165, 1.54) is 33.9 Å². The topological polar surface area (TPSA) is 26.3 Å². The fraction of sp³-hybridized carbons (Fsp3) is 0.0357. The monoisotopic (exact) mass is 388 g/mol. The van der Waals surface area contributed by atoms with Crippen LogP contribution in [-0.4, -0.2) is 5.97 Å². The summed E-state index contributed by atoms with van der Waals surface area (Å²) < 4.78 is 5.30. The Labute approximate surface area is 176 Å². The molecule has 0 amide bonds. The summed E-state index contributed by atoms with van der Waals surface area (Å²) in [7, 11) is 0. The highest BCUT2D eigenvalue weighted by Gasteiger charge is 2.45. The van der Waals surface area contributed by atoms with Gasteiger partial charge in [-0.2, -0.15) is 0 Å². The van der Waals surface area contributed by atoms with Crippen LogP contribution in [0.3, 0.4) is 0 Å². The van der Waals surface area contributed by atoms with Crippen molar-refractivity contribution in [2.75, 3.05) is 0 Å². The average molecular weight is 388 g/mol. The molecule has 0 heterocycles. The SMILES string of the molecule is C=CC(=O)Oc1ccc(C2(c3ccccc3)c3ccccc3-c3ccccc32)cc1. The largest absolute Gasteiger partial charge is 0.423 e. The van der Waals surface area contributed by atoms with Crippen molar-refractivity contribution >= 4 is 5.97 Å². The molecule has 0 N–H and O–H groups in total. The van der Waals surface area contributed by atoms with E-state index in [1.54, 1.807) is 0 Å². The third kappa shape index (κ3) is 2.61. The van der Waals surface area contributed by atoms with Crippen LogP contribution in [0.4, 0.5) is 0 Å². The van der Waals surface area contributed by atoms with E-state index in [2.05, 4.69) is 91.5 Å². The van der Waals surface area contributed by atoms with Gasteiger partial charge in [-0.1, -0.05) is 97.6 Å². The zero-order chi connectivity index (χ0) is 20.6. The first-order chi connectivity index (χ1) is 14.7. The lowest BCUT2D eigenvalue weighted by molar-refractivity contribution is -0.128. The Bertz CT molecular complexity index is 1190. The number of ether oxygens (including phenoxy) is 1. The summed E-state index contributed by atoms with van der Waals surface area (Å²) in [5.41, 5.74) is 6.91. The first-order valence-electron chi connectivity index (χ1n) is 9.95. The number of esters is 1. The van der Waals surface area contributed by atoms with Crippen LogP contribution in [0, 0.1) is 0 Å². The Hall–Kier alpha value is -3.91. The number of fused-ring (bicyclic) bond motifs is 3. The predicted molar refractivity (Wildman–Crippen MR) is 120 cm³/mol. The van der Waals surface area contributed by atoms with Crippen molar-refractivity contribution in [2.24, 2.45) is 0 Å². The molecule has 4 aromatic rings. The van der Waals surface area contributed by atoms with E-state index in [0.717, 1.165) is 5.56 Å². The highest BCUT2D eigenvalue weighted by atomic mass is 16.5. The summed E-state index contributed by atoms with van der Waals surface area (Å²) in [4.78, 5) is 11.6. The molecule has 0 saturated carbocycles. The van der Waals surface area contributed by atoms with Crippen LogP contribution in [0.2, 0.25) is 0 Å². The summed E-state index contributed by atoms with van der Waals surface area (Å²) in [6.45, 7) is 3.46. The molecule has 0 atom stereocenters. The second kappa shape index (κ2) is 7.16. The number of hydrogen-bond acceptors (Lipinski definition) is 2. The molecule has 144 valence electrons. The van der Waals surface area contributed by atoms with Crippen molar-refractivity contribution in [3.05, 3.63) is 138 Å². The van der Waals surface area contributed by atoms with Gasteiger partial charge in [0.2, 0.25) is 0 Å². The molecule has 5 rings (SSSR count). The van der Waals surface area contributed by atoms with Crippen LogP contribution in [0.15, 0.2) is 116 Å². The normalized spacial score (nSPS) is 13.2. The molecule has 0 aliphatic heterocycles. The lowest BCUT2D eigenvalue weighted by atomic mass is 9.68.